The molecule has 3 rings (SSSR count). The highest BCUT2D eigenvalue weighted by molar-refractivity contribution is 5.48. The first-order chi connectivity index (χ1) is 12.1. The molecule has 1 fully saturated rings. The predicted molar refractivity (Wildman–Crippen MR) is 96.7 cm³/mol. The van der Waals surface area contributed by atoms with Crippen molar-refractivity contribution in [3.63, 3.8) is 0 Å². The van der Waals surface area contributed by atoms with Crippen molar-refractivity contribution >= 4 is 0 Å². The summed E-state index contributed by atoms with van der Waals surface area (Å²) in [6.45, 7) is 7.56. The Morgan fingerprint density at radius 3 is 2.28 bits per heavy atom. The second-order valence-electron chi connectivity index (χ2n) is 6.35. The van der Waals surface area contributed by atoms with Gasteiger partial charge in [0, 0.05) is 6.61 Å². The molecule has 1 aliphatic heterocycles. The molecule has 5 nitrogen and oxygen atoms in total. The van der Waals surface area contributed by atoms with Crippen LogP contribution in [0, 0.1) is 20.8 Å². The number of hydrogen-bond acceptors (Lipinski definition) is 5. The van der Waals surface area contributed by atoms with Crippen LogP contribution in [0.3, 0.4) is 0 Å². The van der Waals surface area contributed by atoms with Crippen molar-refractivity contribution in [3.05, 3.63) is 47.0 Å². The van der Waals surface area contributed by atoms with Crippen molar-refractivity contribution in [1.82, 2.24) is 5.48 Å². The van der Waals surface area contributed by atoms with Gasteiger partial charge < -0.3 is 19.0 Å². The summed E-state index contributed by atoms with van der Waals surface area (Å²) in [5.74, 6) is 3.25. The van der Waals surface area contributed by atoms with E-state index in [9.17, 15) is 0 Å². The number of hydroxylamine groups is 1. The molecule has 1 saturated heterocycles. The Morgan fingerprint density at radius 1 is 1.04 bits per heavy atom. The maximum absolute atomic E-state index is 5.99. The van der Waals surface area contributed by atoms with Crippen molar-refractivity contribution in [3.8, 4) is 23.0 Å². The smallest absolute Gasteiger partial charge is 0.153 e. The van der Waals surface area contributed by atoms with Crippen molar-refractivity contribution in [1.29, 1.82) is 0 Å². The molecule has 0 saturated carbocycles. The van der Waals surface area contributed by atoms with Gasteiger partial charge in [0.2, 0.25) is 0 Å². The van der Waals surface area contributed by atoms with Crippen LogP contribution in [0.25, 0.3) is 0 Å². The topological polar surface area (TPSA) is 49.0 Å². The molecule has 0 aliphatic carbocycles. The summed E-state index contributed by atoms with van der Waals surface area (Å²) < 4.78 is 16.6. The van der Waals surface area contributed by atoms with E-state index in [1.165, 1.54) is 0 Å². The molecule has 0 radical (unpaired) electrons. The maximum Gasteiger partial charge on any atom is 0.153 e. The molecule has 1 heterocycles. The van der Waals surface area contributed by atoms with Gasteiger partial charge >= 0.3 is 0 Å². The van der Waals surface area contributed by atoms with Crippen LogP contribution >= 0.6 is 0 Å². The van der Waals surface area contributed by atoms with E-state index in [1.54, 1.807) is 7.11 Å². The third kappa shape index (κ3) is 4.24. The van der Waals surface area contributed by atoms with E-state index in [0.29, 0.717) is 6.54 Å². The van der Waals surface area contributed by atoms with Gasteiger partial charge in [0.15, 0.2) is 5.75 Å². The van der Waals surface area contributed by atoms with Gasteiger partial charge in [-0.2, -0.15) is 5.48 Å². The van der Waals surface area contributed by atoms with Gasteiger partial charge in [-0.25, -0.2) is 0 Å². The van der Waals surface area contributed by atoms with Crippen molar-refractivity contribution in [2.45, 2.75) is 33.3 Å². The van der Waals surface area contributed by atoms with Crippen LogP contribution in [0.2, 0.25) is 0 Å². The Labute approximate surface area is 148 Å². The summed E-state index contributed by atoms with van der Waals surface area (Å²) in [7, 11) is 1.67. The van der Waals surface area contributed by atoms with E-state index in [2.05, 4.69) is 5.48 Å². The van der Waals surface area contributed by atoms with E-state index >= 15 is 0 Å². The number of rotatable bonds is 7. The molecule has 2 aromatic carbocycles. The Balaban J connectivity index is 1.67. The second kappa shape index (κ2) is 7.76. The van der Waals surface area contributed by atoms with Gasteiger partial charge in [-0.05, 0) is 74.2 Å². The maximum atomic E-state index is 5.99. The minimum Gasteiger partial charge on any atom is -0.496 e. The Kier molecular flexibility index (Phi) is 5.46. The van der Waals surface area contributed by atoms with Crippen molar-refractivity contribution < 1.29 is 19.0 Å². The molecule has 0 spiro atoms. The van der Waals surface area contributed by atoms with E-state index in [-0.39, 0.29) is 6.10 Å². The summed E-state index contributed by atoms with van der Waals surface area (Å²) in [4.78, 5) is 5.73. The summed E-state index contributed by atoms with van der Waals surface area (Å²) in [6, 6.07) is 9.73. The molecule has 1 aliphatic rings. The Hall–Kier alpha value is -2.24. The fourth-order valence-electron chi connectivity index (χ4n) is 2.83. The third-order valence-electron chi connectivity index (χ3n) is 4.31. The molecule has 1 unspecified atom stereocenters. The molecule has 0 bridgehead atoms. The number of hydrogen-bond donors (Lipinski definition) is 1. The molecule has 134 valence electrons. The Bertz CT molecular complexity index is 717. The van der Waals surface area contributed by atoms with E-state index in [0.717, 1.165) is 52.7 Å². The highest BCUT2D eigenvalue weighted by Crippen LogP contribution is 2.32. The minimum absolute atomic E-state index is 0.265. The van der Waals surface area contributed by atoms with Gasteiger partial charge in [0.25, 0.3) is 0 Å². The molecule has 1 N–H and O–H groups in total. The molecule has 2 aromatic rings. The molecular weight excluding hydrogens is 318 g/mol. The normalized spacial score (nSPS) is 16.2. The van der Waals surface area contributed by atoms with Crippen LogP contribution in [0.15, 0.2) is 30.3 Å². The van der Waals surface area contributed by atoms with Gasteiger partial charge in [-0.3, -0.25) is 0 Å². The summed E-state index contributed by atoms with van der Waals surface area (Å²) in [5, 5.41) is 0. The lowest BCUT2D eigenvalue weighted by molar-refractivity contribution is -0.0610. The highest BCUT2D eigenvalue weighted by atomic mass is 16.6. The largest absolute Gasteiger partial charge is 0.496 e. The fourth-order valence-corrected chi connectivity index (χ4v) is 2.83. The van der Waals surface area contributed by atoms with Crippen LogP contribution in [0.4, 0.5) is 0 Å². The predicted octanol–water partition coefficient (Wildman–Crippen LogP) is 4.09. The van der Waals surface area contributed by atoms with E-state index in [1.807, 2.05) is 51.1 Å². The monoisotopic (exact) mass is 343 g/mol. The van der Waals surface area contributed by atoms with Crippen LogP contribution in [0.5, 0.6) is 23.0 Å². The summed E-state index contributed by atoms with van der Waals surface area (Å²) in [5.41, 5.74) is 6.06. The molecule has 25 heavy (non-hydrogen) atoms. The number of aryl methyl sites for hydroxylation is 3. The first-order valence-corrected chi connectivity index (χ1v) is 8.52. The summed E-state index contributed by atoms with van der Waals surface area (Å²) >= 11 is 0. The third-order valence-corrected chi connectivity index (χ3v) is 4.31. The number of methoxy groups -OCH3 is 1. The molecular formula is C20H25NO4. The molecule has 5 heteroatoms. The van der Waals surface area contributed by atoms with Gasteiger partial charge in [0.05, 0.1) is 19.8 Å². The number of ether oxygens (including phenoxy) is 3. The second-order valence-corrected chi connectivity index (χ2v) is 6.35. The zero-order chi connectivity index (χ0) is 17.8. The Morgan fingerprint density at radius 2 is 1.72 bits per heavy atom. The number of benzene rings is 2. The standard InChI is InChI=1S/C20H25NO4/c1-13-9-16(5-6-19(13)22-4)24-18-10-14(2)20(15(3)11-18)25-21-12-17-7-8-23-17/h5-6,9-11,17,21H,7-8,12H2,1-4H3. The molecule has 0 amide bonds. The van der Waals surface area contributed by atoms with Gasteiger partial charge in [-0.15, -0.1) is 0 Å². The van der Waals surface area contributed by atoms with Crippen LogP contribution < -0.4 is 19.8 Å². The number of nitrogens with one attached hydrogen (secondary N) is 1. The molecule has 1 atom stereocenters. The molecule has 0 aromatic heterocycles. The SMILES string of the molecule is COc1ccc(Oc2cc(C)c(ONCC3CCO3)c(C)c2)cc1C. The fraction of sp³-hybridized carbons (Fsp3) is 0.400. The van der Waals surface area contributed by atoms with Crippen molar-refractivity contribution in [2.75, 3.05) is 20.3 Å². The first kappa shape index (κ1) is 17.6. The lowest BCUT2D eigenvalue weighted by atomic mass is 10.1. The van der Waals surface area contributed by atoms with Crippen LogP contribution in [-0.2, 0) is 4.74 Å². The lowest BCUT2D eigenvalue weighted by Gasteiger charge is -2.26. The zero-order valence-corrected chi connectivity index (χ0v) is 15.2. The van der Waals surface area contributed by atoms with Gasteiger partial charge in [0.1, 0.15) is 17.2 Å². The average Bonchev–Trinajstić information content (AvgIpc) is 2.52. The van der Waals surface area contributed by atoms with E-state index < -0.39 is 0 Å². The summed E-state index contributed by atoms with van der Waals surface area (Å²) in [6.07, 6.45) is 1.35. The lowest BCUT2D eigenvalue weighted by Crippen LogP contribution is -2.38. The van der Waals surface area contributed by atoms with Crippen LogP contribution in [0.1, 0.15) is 23.1 Å². The van der Waals surface area contributed by atoms with Crippen molar-refractivity contribution in [2.24, 2.45) is 0 Å². The average molecular weight is 343 g/mol. The zero-order valence-electron chi connectivity index (χ0n) is 15.2. The van der Waals surface area contributed by atoms with E-state index in [4.69, 9.17) is 19.0 Å². The van der Waals surface area contributed by atoms with Gasteiger partial charge in [-0.1, -0.05) is 0 Å². The quantitative estimate of drug-likeness (QED) is 0.768. The first-order valence-electron chi connectivity index (χ1n) is 8.52. The highest BCUT2D eigenvalue weighted by Gasteiger charge is 2.18. The van der Waals surface area contributed by atoms with Crippen LogP contribution in [-0.4, -0.2) is 26.4 Å². The minimum atomic E-state index is 0.265.